The van der Waals surface area contributed by atoms with E-state index in [0.29, 0.717) is 6.07 Å². The molecule has 0 spiro atoms. The molecule has 0 amide bonds. The second-order valence-electron chi connectivity index (χ2n) is 5.39. The van der Waals surface area contributed by atoms with Crippen LogP contribution in [0.2, 0.25) is 0 Å². The minimum absolute atomic E-state index is 0.0183. The third-order valence-corrected chi connectivity index (χ3v) is 3.01. The molecule has 0 saturated carbocycles. The van der Waals surface area contributed by atoms with Crippen LogP contribution in [0.3, 0.4) is 0 Å². The highest BCUT2D eigenvalue weighted by Crippen LogP contribution is 2.31. The molecule has 1 heterocycles. The van der Waals surface area contributed by atoms with Gasteiger partial charge in [-0.25, -0.2) is 4.98 Å². The Morgan fingerprint density at radius 2 is 1.81 bits per heavy atom. The van der Waals surface area contributed by atoms with Gasteiger partial charge in [0, 0.05) is 23.9 Å². The third-order valence-electron chi connectivity index (χ3n) is 3.01. The van der Waals surface area contributed by atoms with Crippen LogP contribution >= 0.6 is 0 Å². The maximum Gasteiger partial charge on any atom is 0.573 e. The molecule has 1 atom stereocenters. The van der Waals surface area contributed by atoms with Crippen LogP contribution in [0.25, 0.3) is 0 Å². The first kappa shape index (κ1) is 20.6. The van der Waals surface area contributed by atoms with Crippen LogP contribution in [0.15, 0.2) is 30.3 Å². The molecule has 12 heteroatoms. The van der Waals surface area contributed by atoms with E-state index in [9.17, 15) is 26.3 Å². The molecule has 0 saturated heterocycles. The van der Waals surface area contributed by atoms with E-state index in [0.717, 1.165) is 12.1 Å². The third kappa shape index (κ3) is 6.47. The molecule has 0 aliphatic heterocycles. The summed E-state index contributed by atoms with van der Waals surface area (Å²) >= 11 is 0. The lowest BCUT2D eigenvalue weighted by Gasteiger charge is -2.15. The molecule has 0 unspecified atom stereocenters. The minimum atomic E-state index is -4.91. The van der Waals surface area contributed by atoms with Crippen molar-refractivity contribution in [1.82, 2.24) is 9.97 Å². The number of aliphatic hydroxyl groups is 1. The maximum absolute atomic E-state index is 13.0. The number of anilines is 3. The molecule has 2 aromatic rings. The predicted molar refractivity (Wildman–Crippen MR) is 83.6 cm³/mol. The van der Waals surface area contributed by atoms with Gasteiger partial charge in [0.1, 0.15) is 11.6 Å². The van der Waals surface area contributed by atoms with Crippen LogP contribution in [0, 0.1) is 0 Å². The van der Waals surface area contributed by atoms with Gasteiger partial charge in [-0.05, 0) is 19.1 Å². The average molecular weight is 396 g/mol. The van der Waals surface area contributed by atoms with Gasteiger partial charge in [-0.1, -0.05) is 6.07 Å². The smallest absolute Gasteiger partial charge is 0.406 e. The summed E-state index contributed by atoms with van der Waals surface area (Å²) in [6.45, 7) is 1.12. The predicted octanol–water partition coefficient (Wildman–Crippen LogP) is 3.93. The standard InChI is InChI=1S/C15H14F6N4O2/c1-8(7-26)22-13-24-11(14(16,17)18)6-12(25-13)23-9-3-2-4-10(5-9)27-15(19,20)21/h2-6,8,26H,7H2,1H3,(H2,22,23,24,25)/t8-/m0/s1. The second-order valence-corrected chi connectivity index (χ2v) is 5.39. The van der Waals surface area contributed by atoms with E-state index in [1.165, 1.54) is 19.1 Å². The van der Waals surface area contributed by atoms with Crippen LogP contribution in [0.1, 0.15) is 12.6 Å². The number of rotatable bonds is 6. The molecule has 0 aliphatic rings. The molecule has 6 nitrogen and oxygen atoms in total. The molecule has 0 aliphatic carbocycles. The van der Waals surface area contributed by atoms with Gasteiger partial charge >= 0.3 is 12.5 Å². The van der Waals surface area contributed by atoms with E-state index >= 15 is 0 Å². The Morgan fingerprint density at radius 3 is 2.41 bits per heavy atom. The highest BCUT2D eigenvalue weighted by atomic mass is 19.4. The van der Waals surface area contributed by atoms with Crippen molar-refractivity contribution in [1.29, 1.82) is 0 Å². The maximum atomic E-state index is 13.0. The first-order valence-electron chi connectivity index (χ1n) is 7.43. The largest absolute Gasteiger partial charge is 0.573 e. The minimum Gasteiger partial charge on any atom is -0.406 e. The van der Waals surface area contributed by atoms with Gasteiger partial charge in [0.05, 0.1) is 6.61 Å². The van der Waals surface area contributed by atoms with Crippen LogP contribution in [-0.2, 0) is 6.18 Å². The number of nitrogens with zero attached hydrogens (tertiary/aromatic N) is 2. The van der Waals surface area contributed by atoms with Gasteiger partial charge < -0.3 is 20.5 Å². The van der Waals surface area contributed by atoms with Gasteiger partial charge in [-0.15, -0.1) is 13.2 Å². The lowest BCUT2D eigenvalue weighted by atomic mass is 10.3. The number of aliphatic hydroxyl groups excluding tert-OH is 1. The van der Waals surface area contributed by atoms with Crippen molar-refractivity contribution in [3.63, 3.8) is 0 Å². The number of halogens is 6. The van der Waals surface area contributed by atoms with Crippen molar-refractivity contribution in [3.05, 3.63) is 36.0 Å². The van der Waals surface area contributed by atoms with E-state index in [4.69, 9.17) is 5.11 Å². The Kier molecular flexibility index (Phi) is 5.98. The van der Waals surface area contributed by atoms with Crippen LogP contribution in [0.4, 0.5) is 43.8 Å². The van der Waals surface area contributed by atoms with Crippen molar-refractivity contribution in [3.8, 4) is 5.75 Å². The number of hydrogen-bond acceptors (Lipinski definition) is 6. The lowest BCUT2D eigenvalue weighted by Crippen LogP contribution is -2.22. The van der Waals surface area contributed by atoms with Crippen LogP contribution in [0.5, 0.6) is 5.75 Å². The molecular weight excluding hydrogens is 382 g/mol. The van der Waals surface area contributed by atoms with Crippen molar-refractivity contribution in [2.75, 3.05) is 17.2 Å². The highest BCUT2D eigenvalue weighted by Gasteiger charge is 2.34. The summed E-state index contributed by atoms with van der Waals surface area (Å²) in [5, 5.41) is 14.0. The average Bonchev–Trinajstić information content (AvgIpc) is 2.52. The van der Waals surface area contributed by atoms with E-state index < -0.39 is 36.0 Å². The van der Waals surface area contributed by atoms with Gasteiger partial charge in [-0.3, -0.25) is 0 Å². The van der Waals surface area contributed by atoms with Gasteiger partial charge in [0.15, 0.2) is 5.69 Å². The Balaban J connectivity index is 2.32. The van der Waals surface area contributed by atoms with Crippen LogP contribution < -0.4 is 15.4 Å². The van der Waals surface area contributed by atoms with Crippen molar-refractivity contribution < 1.29 is 36.2 Å². The number of alkyl halides is 6. The summed E-state index contributed by atoms with van der Waals surface area (Å²) in [6, 6.07) is 4.52. The normalized spacial score (nSPS) is 13.2. The summed E-state index contributed by atoms with van der Waals surface area (Å²) in [6.07, 6.45) is -9.69. The zero-order chi connectivity index (χ0) is 20.2. The van der Waals surface area contributed by atoms with Gasteiger partial charge in [0.2, 0.25) is 5.95 Å². The zero-order valence-electron chi connectivity index (χ0n) is 13.7. The molecular formula is C15H14F6N4O2. The summed E-state index contributed by atoms with van der Waals surface area (Å²) in [5.74, 6) is -1.27. The monoisotopic (exact) mass is 396 g/mol. The Morgan fingerprint density at radius 1 is 1.11 bits per heavy atom. The summed E-state index contributed by atoms with van der Waals surface area (Å²) < 4.78 is 79.6. The second kappa shape index (κ2) is 7.86. The molecule has 0 fully saturated rings. The van der Waals surface area contributed by atoms with Gasteiger partial charge in [-0.2, -0.15) is 18.2 Å². The fourth-order valence-corrected chi connectivity index (χ4v) is 1.91. The topological polar surface area (TPSA) is 79.3 Å². The van der Waals surface area contributed by atoms with Crippen molar-refractivity contribution in [2.45, 2.75) is 25.5 Å². The fourth-order valence-electron chi connectivity index (χ4n) is 1.91. The molecule has 1 aromatic heterocycles. The van der Waals surface area contributed by atoms with Crippen molar-refractivity contribution >= 4 is 17.5 Å². The molecule has 0 bridgehead atoms. The SMILES string of the molecule is C[C@@H](CO)Nc1nc(Nc2cccc(OC(F)(F)F)c2)cc(C(F)(F)F)n1. The molecule has 27 heavy (non-hydrogen) atoms. The molecule has 1 aromatic carbocycles. The van der Waals surface area contributed by atoms with E-state index in [1.54, 1.807) is 0 Å². The number of nitrogens with one attached hydrogen (secondary N) is 2. The van der Waals surface area contributed by atoms with E-state index in [2.05, 4.69) is 25.3 Å². The first-order valence-corrected chi connectivity index (χ1v) is 7.43. The van der Waals surface area contributed by atoms with Gasteiger partial charge in [0.25, 0.3) is 0 Å². The summed E-state index contributed by atoms with van der Waals surface area (Å²) in [5.41, 5.74) is -1.25. The summed E-state index contributed by atoms with van der Waals surface area (Å²) in [7, 11) is 0. The molecule has 0 radical (unpaired) electrons. The quantitative estimate of drug-likeness (QED) is 0.643. The summed E-state index contributed by atoms with van der Waals surface area (Å²) in [4.78, 5) is 7.16. The molecule has 3 N–H and O–H groups in total. The molecule has 2 rings (SSSR count). The number of benzene rings is 1. The Bertz CT molecular complexity index is 782. The number of hydrogen-bond donors (Lipinski definition) is 3. The zero-order valence-corrected chi connectivity index (χ0v) is 13.7. The van der Waals surface area contributed by atoms with E-state index in [1.807, 2.05) is 0 Å². The first-order chi connectivity index (χ1) is 12.5. The molecule has 148 valence electrons. The van der Waals surface area contributed by atoms with Crippen molar-refractivity contribution in [2.24, 2.45) is 0 Å². The van der Waals surface area contributed by atoms with Crippen LogP contribution in [-0.4, -0.2) is 34.1 Å². The number of aromatic nitrogens is 2. The lowest BCUT2D eigenvalue weighted by molar-refractivity contribution is -0.274. The fraction of sp³-hybridized carbons (Fsp3) is 0.333. The number of ether oxygens (including phenoxy) is 1. The highest BCUT2D eigenvalue weighted by molar-refractivity contribution is 5.59. The Labute approximate surface area is 149 Å². The Hall–Kier alpha value is -2.76. The van der Waals surface area contributed by atoms with E-state index in [-0.39, 0.29) is 18.1 Å².